The number of ether oxygens (including phenoxy) is 1. The molecule has 0 aliphatic carbocycles. The molecule has 0 saturated heterocycles. The molecule has 0 unspecified atom stereocenters. The van der Waals surface area contributed by atoms with Crippen LogP contribution in [-0.4, -0.2) is 11.7 Å². The lowest BCUT2D eigenvalue weighted by Crippen LogP contribution is -2.13. The third-order valence-corrected chi connectivity index (χ3v) is 4.85. The number of benzene rings is 3. The van der Waals surface area contributed by atoms with Crippen LogP contribution < -0.4 is 10.1 Å². The van der Waals surface area contributed by atoms with E-state index in [0.29, 0.717) is 29.2 Å². The van der Waals surface area contributed by atoms with Crippen molar-refractivity contribution in [1.29, 1.82) is 5.26 Å². The molecule has 0 saturated carbocycles. The zero-order valence-electron chi connectivity index (χ0n) is 16.1. The summed E-state index contributed by atoms with van der Waals surface area (Å²) in [6, 6.07) is 23.4. The highest BCUT2D eigenvalue weighted by Crippen LogP contribution is 2.19. The number of rotatable bonds is 8. The third-order valence-electron chi connectivity index (χ3n) is 4.32. The number of carbonyl (C=O) groups excluding carboxylic acids is 2. The van der Waals surface area contributed by atoms with Crippen LogP contribution in [0, 0.1) is 11.3 Å². The number of hydrogen-bond donors (Lipinski definition) is 1. The van der Waals surface area contributed by atoms with Crippen LogP contribution in [0.4, 0.5) is 5.69 Å². The van der Waals surface area contributed by atoms with Crippen molar-refractivity contribution in [2.24, 2.45) is 0 Å². The van der Waals surface area contributed by atoms with Crippen molar-refractivity contribution >= 4 is 33.3 Å². The maximum Gasteiger partial charge on any atom is 0.224 e. The van der Waals surface area contributed by atoms with Gasteiger partial charge in [0, 0.05) is 34.6 Å². The highest BCUT2D eigenvalue weighted by Gasteiger charge is 2.10. The Kier molecular flexibility index (Phi) is 7.36. The number of anilines is 1. The first kappa shape index (κ1) is 21.3. The van der Waals surface area contributed by atoms with Crippen LogP contribution in [0.25, 0.3) is 0 Å². The molecule has 0 aromatic heterocycles. The summed E-state index contributed by atoms with van der Waals surface area (Å²) in [5, 5.41) is 11.8. The Labute approximate surface area is 183 Å². The average Bonchev–Trinajstić information content (AvgIpc) is 2.77. The second-order valence-electron chi connectivity index (χ2n) is 6.61. The molecule has 3 aromatic carbocycles. The molecule has 0 fully saturated rings. The highest BCUT2D eigenvalue weighted by molar-refractivity contribution is 9.10. The van der Waals surface area contributed by atoms with E-state index in [4.69, 9.17) is 10.00 Å². The predicted octanol–water partition coefficient (Wildman–Crippen LogP) is 5.50. The van der Waals surface area contributed by atoms with Crippen molar-refractivity contribution in [2.75, 3.05) is 5.32 Å². The molecular formula is C24H19BrN2O3. The van der Waals surface area contributed by atoms with Gasteiger partial charge >= 0.3 is 0 Å². The summed E-state index contributed by atoms with van der Waals surface area (Å²) < 4.78 is 6.66. The summed E-state index contributed by atoms with van der Waals surface area (Å²) >= 11 is 3.33. The molecule has 5 nitrogen and oxygen atoms in total. The molecule has 30 heavy (non-hydrogen) atoms. The van der Waals surface area contributed by atoms with E-state index >= 15 is 0 Å². The van der Waals surface area contributed by atoms with E-state index in [0.717, 1.165) is 10.0 Å². The second-order valence-corrected chi connectivity index (χ2v) is 7.52. The Bertz CT molecular complexity index is 1090. The van der Waals surface area contributed by atoms with E-state index in [1.54, 1.807) is 60.7 Å². The van der Waals surface area contributed by atoms with Crippen molar-refractivity contribution in [3.8, 4) is 11.8 Å². The van der Waals surface area contributed by atoms with Crippen LogP contribution in [0.3, 0.4) is 0 Å². The van der Waals surface area contributed by atoms with Crippen LogP contribution >= 0.6 is 15.9 Å². The fourth-order valence-electron chi connectivity index (χ4n) is 2.79. The van der Waals surface area contributed by atoms with Gasteiger partial charge in [-0.15, -0.1) is 0 Å². The predicted molar refractivity (Wildman–Crippen MR) is 118 cm³/mol. The van der Waals surface area contributed by atoms with Crippen molar-refractivity contribution in [3.05, 3.63) is 94.0 Å². The summed E-state index contributed by atoms with van der Waals surface area (Å²) in [5.74, 6) is 0.287. The first-order chi connectivity index (χ1) is 14.5. The number of amides is 1. The summed E-state index contributed by atoms with van der Waals surface area (Å²) in [5.41, 5.74) is 2.64. The minimum absolute atomic E-state index is 0.0747. The van der Waals surface area contributed by atoms with Crippen LogP contribution in [0.2, 0.25) is 0 Å². The van der Waals surface area contributed by atoms with E-state index in [1.807, 2.05) is 12.1 Å². The number of hydrogen-bond acceptors (Lipinski definition) is 4. The van der Waals surface area contributed by atoms with Crippen LogP contribution in [0.15, 0.2) is 77.3 Å². The number of nitrogens with one attached hydrogen (secondary N) is 1. The Hall–Kier alpha value is -3.43. The molecule has 6 heteroatoms. The van der Waals surface area contributed by atoms with Gasteiger partial charge in [-0.2, -0.15) is 5.26 Å². The van der Waals surface area contributed by atoms with Crippen molar-refractivity contribution in [2.45, 2.75) is 19.4 Å². The van der Waals surface area contributed by atoms with E-state index < -0.39 is 0 Å². The van der Waals surface area contributed by atoms with Crippen LogP contribution in [0.5, 0.6) is 5.75 Å². The lowest BCUT2D eigenvalue weighted by molar-refractivity contribution is -0.116. The summed E-state index contributed by atoms with van der Waals surface area (Å²) in [6.45, 7) is 0.314. The van der Waals surface area contributed by atoms with Crippen molar-refractivity contribution < 1.29 is 14.3 Å². The average molecular weight is 463 g/mol. The van der Waals surface area contributed by atoms with E-state index in [-0.39, 0.29) is 24.5 Å². The molecule has 1 N–H and O–H groups in total. The number of nitrogens with zero attached hydrogens (tertiary/aromatic N) is 1. The first-order valence-corrected chi connectivity index (χ1v) is 10.1. The van der Waals surface area contributed by atoms with E-state index in [2.05, 4.69) is 27.3 Å². The molecule has 0 atom stereocenters. The Morgan fingerprint density at radius 3 is 2.50 bits per heavy atom. The number of ketones is 1. The second kappa shape index (κ2) is 10.4. The zero-order valence-corrected chi connectivity index (χ0v) is 17.7. The van der Waals surface area contributed by atoms with Gasteiger partial charge in [-0.05, 0) is 42.0 Å². The van der Waals surface area contributed by atoms with Crippen molar-refractivity contribution in [3.63, 3.8) is 0 Å². The minimum atomic E-state index is -0.237. The fourth-order valence-corrected chi connectivity index (χ4v) is 3.06. The molecule has 0 radical (unpaired) electrons. The molecular weight excluding hydrogens is 444 g/mol. The minimum Gasteiger partial charge on any atom is -0.489 e. The Morgan fingerprint density at radius 1 is 0.967 bits per heavy atom. The Morgan fingerprint density at radius 2 is 1.73 bits per heavy atom. The molecule has 3 rings (SSSR count). The summed E-state index contributed by atoms with van der Waals surface area (Å²) in [7, 11) is 0. The molecule has 150 valence electrons. The lowest BCUT2D eigenvalue weighted by atomic mass is 10.1. The van der Waals surface area contributed by atoms with E-state index in [9.17, 15) is 9.59 Å². The number of Topliss-reactive ketones (excluding diaryl/α,β-unsaturated/α-hetero) is 1. The van der Waals surface area contributed by atoms with Gasteiger partial charge in [0.1, 0.15) is 12.4 Å². The van der Waals surface area contributed by atoms with Gasteiger partial charge in [-0.3, -0.25) is 9.59 Å². The lowest BCUT2D eigenvalue weighted by Gasteiger charge is -2.09. The van der Waals surface area contributed by atoms with Gasteiger partial charge in [0.25, 0.3) is 0 Å². The number of carbonyl (C=O) groups is 2. The topological polar surface area (TPSA) is 79.2 Å². The maximum atomic E-state index is 12.2. The first-order valence-electron chi connectivity index (χ1n) is 9.34. The Balaban J connectivity index is 1.51. The molecule has 0 aliphatic rings. The van der Waals surface area contributed by atoms with Crippen molar-refractivity contribution in [1.82, 2.24) is 0 Å². The van der Waals surface area contributed by atoms with Gasteiger partial charge in [-0.1, -0.05) is 46.3 Å². The SMILES string of the molecule is N#Cc1cccc(COc2cccc(NC(=O)CCC(=O)c3ccc(Br)cc3)c2)c1. The zero-order chi connectivity index (χ0) is 21.3. The fraction of sp³-hybridized carbons (Fsp3) is 0.125. The normalized spacial score (nSPS) is 10.1. The monoisotopic (exact) mass is 462 g/mol. The quantitative estimate of drug-likeness (QED) is 0.448. The third kappa shape index (κ3) is 6.29. The van der Waals surface area contributed by atoms with Gasteiger partial charge in [0.15, 0.2) is 5.78 Å². The number of halogens is 1. The summed E-state index contributed by atoms with van der Waals surface area (Å²) in [4.78, 5) is 24.4. The van der Waals surface area contributed by atoms with Crippen LogP contribution in [-0.2, 0) is 11.4 Å². The highest BCUT2D eigenvalue weighted by atomic mass is 79.9. The van der Waals surface area contributed by atoms with Gasteiger partial charge in [0.05, 0.1) is 11.6 Å². The van der Waals surface area contributed by atoms with Crippen LogP contribution in [0.1, 0.15) is 34.3 Å². The van der Waals surface area contributed by atoms with E-state index in [1.165, 1.54) is 0 Å². The molecule has 1 amide bonds. The van der Waals surface area contributed by atoms with Gasteiger partial charge in [-0.25, -0.2) is 0 Å². The molecule has 0 aliphatic heterocycles. The molecule has 0 spiro atoms. The number of nitriles is 1. The van der Waals surface area contributed by atoms with Gasteiger partial charge < -0.3 is 10.1 Å². The maximum absolute atomic E-state index is 12.2. The van der Waals surface area contributed by atoms with Gasteiger partial charge in [0.2, 0.25) is 5.91 Å². The molecule has 0 bridgehead atoms. The molecule has 3 aromatic rings. The summed E-state index contributed by atoms with van der Waals surface area (Å²) in [6.07, 6.45) is 0.236. The molecule has 0 heterocycles. The largest absolute Gasteiger partial charge is 0.489 e. The smallest absolute Gasteiger partial charge is 0.224 e. The standard InChI is InChI=1S/C24H19BrN2O3/c25-20-9-7-19(8-10-20)23(28)11-12-24(29)27-21-5-2-6-22(14-21)30-16-18-4-1-3-17(13-18)15-26/h1-10,13-14H,11-12,16H2,(H,27,29).